The molecule has 3 aromatic heterocycles. The van der Waals surface area contributed by atoms with Gasteiger partial charge in [-0.1, -0.05) is 198 Å². The molecular weight excluding hydrogens is 1190 g/mol. The van der Waals surface area contributed by atoms with Gasteiger partial charge in [-0.05, 0) is 141 Å². The first-order valence-corrected chi connectivity index (χ1v) is 30.3. The molecule has 431 valence electrons. The van der Waals surface area contributed by atoms with Gasteiger partial charge in [0.15, 0.2) is 0 Å². The summed E-state index contributed by atoms with van der Waals surface area (Å²) < 4.78 is 19.3. The molecule has 83 heavy (non-hydrogen) atoms. The Morgan fingerprint density at radius 1 is 0.422 bits per heavy atom. The maximum absolute atomic E-state index is 6.55. The van der Waals surface area contributed by atoms with Crippen LogP contribution in [0.3, 0.4) is 0 Å². The van der Waals surface area contributed by atoms with Crippen LogP contribution in [0.15, 0.2) is 181 Å². The van der Waals surface area contributed by atoms with Crippen LogP contribution in [-0.4, -0.2) is 23.2 Å². The Kier molecular flexibility index (Phi) is 22.0. The number of fused-ring (bicyclic) bond motifs is 3. The second-order valence-electron chi connectivity index (χ2n) is 24.2. The van der Waals surface area contributed by atoms with E-state index in [2.05, 4.69) is 200 Å². The van der Waals surface area contributed by atoms with Gasteiger partial charge in [-0.25, -0.2) is 0 Å². The summed E-state index contributed by atoms with van der Waals surface area (Å²) in [4.78, 5) is 9.08. The van der Waals surface area contributed by atoms with Gasteiger partial charge < -0.3 is 23.9 Å². The maximum atomic E-state index is 6.55. The average Bonchev–Trinajstić information content (AvgIpc) is 4.12. The van der Waals surface area contributed by atoms with Crippen LogP contribution in [-0.2, 0) is 30.9 Å². The first-order valence-electron chi connectivity index (χ1n) is 30.3. The minimum Gasteiger partial charge on any atom is -0.493 e. The number of ether oxygens (including phenoxy) is 2. The summed E-state index contributed by atoms with van der Waals surface area (Å²) >= 11 is 0. The van der Waals surface area contributed by atoms with Crippen LogP contribution in [0.1, 0.15) is 149 Å². The zero-order chi connectivity index (χ0) is 57.5. The minimum atomic E-state index is 0. The third kappa shape index (κ3) is 16.6. The third-order valence-corrected chi connectivity index (χ3v) is 15.6. The second-order valence-corrected chi connectivity index (χ2v) is 24.2. The molecular formula is C77H84IrN2O3-2. The van der Waals surface area contributed by atoms with E-state index in [4.69, 9.17) is 13.9 Å². The molecule has 0 amide bonds. The fraction of sp³-hybridized carbons (Fsp3) is 0.325. The molecule has 1 radical (unpaired) electrons. The number of benzene rings is 7. The number of aromatic nitrogens is 2. The van der Waals surface area contributed by atoms with Gasteiger partial charge in [-0.15, -0.1) is 65.2 Å². The first-order chi connectivity index (χ1) is 39.7. The van der Waals surface area contributed by atoms with Crippen molar-refractivity contribution in [2.24, 2.45) is 0 Å². The Morgan fingerprint density at radius 2 is 0.855 bits per heavy atom. The number of aryl methyl sites for hydroxylation is 1. The number of furan rings is 1. The maximum Gasteiger partial charge on any atom is 0.136 e. The summed E-state index contributed by atoms with van der Waals surface area (Å²) in [5.41, 5.74) is 18.8. The van der Waals surface area contributed by atoms with Crippen molar-refractivity contribution >= 4 is 21.9 Å². The molecule has 0 N–H and O–H groups in total. The van der Waals surface area contributed by atoms with Crippen LogP contribution < -0.4 is 9.47 Å². The first kappa shape index (κ1) is 61.9. The van der Waals surface area contributed by atoms with Crippen molar-refractivity contribution < 1.29 is 34.0 Å². The van der Waals surface area contributed by atoms with E-state index < -0.39 is 0 Å². The largest absolute Gasteiger partial charge is 0.493 e. The number of unbranched alkanes of at least 4 members (excludes halogenated alkanes) is 10. The molecule has 10 aromatic rings. The molecule has 0 saturated heterocycles. The summed E-state index contributed by atoms with van der Waals surface area (Å²) in [5.74, 6) is 1.81. The van der Waals surface area contributed by atoms with Crippen molar-refractivity contribution in [1.29, 1.82) is 0 Å². The van der Waals surface area contributed by atoms with Gasteiger partial charge in [0.05, 0.1) is 13.2 Å². The Bertz CT molecular complexity index is 3550. The van der Waals surface area contributed by atoms with Gasteiger partial charge >= 0.3 is 0 Å². The summed E-state index contributed by atoms with van der Waals surface area (Å²) in [6.07, 6.45) is 18.5. The monoisotopic (exact) mass is 1280 g/mol. The molecule has 0 aliphatic rings. The molecule has 0 aliphatic heterocycles. The van der Waals surface area contributed by atoms with Crippen LogP contribution in [0.25, 0.3) is 89.0 Å². The zero-order valence-corrected chi connectivity index (χ0v) is 53.0. The summed E-state index contributed by atoms with van der Waals surface area (Å²) in [5, 5.41) is 2.12. The number of hydrogen-bond acceptors (Lipinski definition) is 5. The predicted octanol–water partition coefficient (Wildman–Crippen LogP) is 22.0. The Morgan fingerprint density at radius 3 is 1.34 bits per heavy atom. The van der Waals surface area contributed by atoms with Crippen molar-refractivity contribution in [1.82, 2.24) is 9.97 Å². The molecule has 0 aliphatic carbocycles. The molecule has 3 heterocycles. The fourth-order valence-electron chi connectivity index (χ4n) is 10.6. The van der Waals surface area contributed by atoms with Crippen LogP contribution in [0.4, 0.5) is 0 Å². The van der Waals surface area contributed by atoms with E-state index in [9.17, 15) is 0 Å². The van der Waals surface area contributed by atoms with E-state index in [1.54, 1.807) is 0 Å². The number of rotatable bonds is 22. The van der Waals surface area contributed by atoms with Crippen molar-refractivity contribution in [3.63, 3.8) is 0 Å². The third-order valence-electron chi connectivity index (χ3n) is 15.6. The Hall–Kier alpha value is -7.11. The molecule has 0 saturated carbocycles. The summed E-state index contributed by atoms with van der Waals surface area (Å²) in [7, 11) is 0. The molecule has 0 fully saturated rings. The van der Waals surface area contributed by atoms with Crippen molar-refractivity contribution in [2.45, 2.75) is 150 Å². The van der Waals surface area contributed by atoms with Crippen LogP contribution in [0.5, 0.6) is 11.5 Å². The number of hydrogen-bond donors (Lipinski definition) is 0. The van der Waals surface area contributed by atoms with Crippen molar-refractivity contribution in [2.75, 3.05) is 13.2 Å². The van der Waals surface area contributed by atoms with Crippen molar-refractivity contribution in [3.8, 4) is 78.5 Å². The van der Waals surface area contributed by atoms with Crippen LogP contribution >= 0.6 is 0 Å². The molecule has 0 bridgehead atoms. The van der Waals surface area contributed by atoms with Gasteiger partial charge in [0.25, 0.3) is 0 Å². The van der Waals surface area contributed by atoms with Crippen LogP contribution in [0.2, 0.25) is 0 Å². The van der Waals surface area contributed by atoms with E-state index >= 15 is 0 Å². The van der Waals surface area contributed by atoms with Gasteiger partial charge in [0.1, 0.15) is 22.7 Å². The molecule has 7 aromatic carbocycles. The molecule has 0 unspecified atom stereocenters. The van der Waals surface area contributed by atoms with E-state index in [1.807, 2.05) is 60.9 Å². The average molecular weight is 1280 g/mol. The molecule has 10 rings (SSSR count). The van der Waals surface area contributed by atoms with E-state index in [1.165, 1.54) is 103 Å². The van der Waals surface area contributed by atoms with E-state index in [0.717, 1.165) is 97.7 Å². The summed E-state index contributed by atoms with van der Waals surface area (Å²) in [6.45, 7) is 21.6. The zero-order valence-electron chi connectivity index (χ0n) is 50.6. The molecule has 0 spiro atoms. The van der Waals surface area contributed by atoms with Crippen LogP contribution in [0, 0.1) is 19.1 Å². The fourth-order valence-corrected chi connectivity index (χ4v) is 10.6. The van der Waals surface area contributed by atoms with Crippen molar-refractivity contribution in [3.05, 3.63) is 205 Å². The Labute approximate surface area is 509 Å². The topological polar surface area (TPSA) is 57.4 Å². The Balaban J connectivity index is 0.000000216. The number of nitrogens with zero attached hydrogens (tertiary/aromatic N) is 2. The SMILES string of the molecule is CC(C)(C)c1ccc(-c2cc(-c3ccc(C(C)(C)C)cc3)cc(-c3cc[c-]c(-c4ccccn4)c3)c2)cc1.CCCCCCCCOc1cc2c(cc1C)oc1cc(-c3cc[c-]c(-c4ccccn4)c3)c(OCCCCCCCC)cc12.[Ir]. The standard InChI is InChI=1S/C40H48NO3.C37H36N.Ir/c1-4-6-8-10-12-16-23-42-37-28-34-35-29-38(43-24-17-13-11-9-7-5-2)33(27-40(35)44-39(34)25-30(37)3)31-19-18-20-32(26-31)36-21-14-15-22-41-36;1-36(2,3)33-17-13-26(14-18-33)30-23-31(27-15-19-34(20-16-27)37(4,5)6)25-32(24-30)28-10-9-11-29(22-28)35-12-7-8-21-38-35;/h14-15,18-19,21-22,25-29H,4-13,16-17,23-24H2,1-3H3;7-10,12-25H,1-6H3;/q2*-1;. The predicted molar refractivity (Wildman–Crippen MR) is 346 cm³/mol. The van der Waals surface area contributed by atoms with E-state index in [-0.39, 0.29) is 30.9 Å². The quantitative estimate of drug-likeness (QED) is 0.0500. The van der Waals surface area contributed by atoms with E-state index in [0.29, 0.717) is 6.61 Å². The molecule has 5 nitrogen and oxygen atoms in total. The second kappa shape index (κ2) is 29.4. The summed E-state index contributed by atoms with van der Waals surface area (Å²) in [6, 6.07) is 64.7. The molecule has 0 atom stereocenters. The molecule has 6 heteroatoms. The minimum absolute atomic E-state index is 0. The van der Waals surface area contributed by atoms with Gasteiger partial charge in [0, 0.05) is 48.8 Å². The smallest absolute Gasteiger partial charge is 0.136 e. The van der Waals surface area contributed by atoms with Gasteiger partial charge in [-0.2, -0.15) is 0 Å². The number of pyridine rings is 2. The normalized spacial score (nSPS) is 11.5. The van der Waals surface area contributed by atoms with Gasteiger partial charge in [0.2, 0.25) is 0 Å². The van der Waals surface area contributed by atoms with Gasteiger partial charge in [-0.3, -0.25) is 0 Å².